The molecule has 0 atom stereocenters. The molecule has 0 saturated heterocycles. The zero-order valence-corrected chi connectivity index (χ0v) is 15.2. The van der Waals surface area contributed by atoms with Crippen LogP contribution in [0.1, 0.15) is 21.7 Å². The minimum Gasteiger partial charge on any atom is -0.490 e. The average molecular weight is 396 g/mol. The molecule has 0 fully saturated rings. The van der Waals surface area contributed by atoms with Crippen LogP contribution in [0.2, 0.25) is 5.02 Å². The Bertz CT molecular complexity index is 1060. The highest BCUT2D eigenvalue weighted by molar-refractivity contribution is 6.32. The topological polar surface area (TPSA) is 114 Å². The Morgan fingerprint density at radius 3 is 2.82 bits per heavy atom. The lowest BCUT2D eigenvalue weighted by Gasteiger charge is -2.08. The number of aromatic nitrogens is 4. The van der Waals surface area contributed by atoms with Gasteiger partial charge in [-0.1, -0.05) is 28.9 Å². The van der Waals surface area contributed by atoms with Crippen molar-refractivity contribution in [1.29, 1.82) is 5.26 Å². The molecule has 0 aliphatic rings. The largest absolute Gasteiger partial charge is 0.490 e. The van der Waals surface area contributed by atoms with Crippen LogP contribution >= 0.6 is 11.6 Å². The highest BCUT2D eigenvalue weighted by atomic mass is 35.5. The van der Waals surface area contributed by atoms with Crippen LogP contribution < -0.4 is 4.74 Å². The van der Waals surface area contributed by atoms with Crippen molar-refractivity contribution in [3.05, 3.63) is 70.8 Å². The Hall–Kier alpha value is -3.70. The number of ether oxygens (including phenoxy) is 1. The fourth-order valence-electron chi connectivity index (χ4n) is 2.33. The number of carbonyl (C=O) groups is 1. The molecule has 9 heteroatoms. The lowest BCUT2D eigenvalue weighted by molar-refractivity contribution is 0.0690. The molecule has 3 rings (SSSR count). The number of hydrogen-bond acceptors (Lipinski definition) is 6. The molecule has 0 radical (unpaired) electrons. The maximum Gasteiger partial charge on any atom is 0.358 e. The summed E-state index contributed by atoms with van der Waals surface area (Å²) in [6.07, 6.45) is 4.64. The Labute approximate surface area is 165 Å². The molecule has 0 aliphatic carbocycles. The molecule has 8 nitrogen and oxygen atoms in total. The number of carboxylic acid groups (broad SMARTS) is 1. The standard InChI is InChI=1S/C19H14ClN5O3/c20-15-10-13(9-14(11-21)16-3-1-2-6-22-16)4-5-18(15)28-8-7-25-12-17(19(26)27)23-24-25/h1-6,9-10,12H,7-8H2,(H,26,27). The molecular formula is C19H14ClN5O3. The second kappa shape index (κ2) is 8.79. The van der Waals surface area contributed by atoms with E-state index in [9.17, 15) is 10.1 Å². The Morgan fingerprint density at radius 2 is 2.18 bits per heavy atom. The van der Waals surface area contributed by atoms with Gasteiger partial charge in [0.1, 0.15) is 18.4 Å². The fraction of sp³-hybridized carbons (Fsp3) is 0.105. The summed E-state index contributed by atoms with van der Waals surface area (Å²) in [6, 6.07) is 12.6. The summed E-state index contributed by atoms with van der Waals surface area (Å²) in [6.45, 7) is 0.547. The van der Waals surface area contributed by atoms with Gasteiger partial charge in [0.2, 0.25) is 0 Å². The number of rotatable bonds is 7. The van der Waals surface area contributed by atoms with E-state index in [1.165, 1.54) is 10.9 Å². The molecular weight excluding hydrogens is 382 g/mol. The molecule has 1 aromatic carbocycles. The first-order valence-corrected chi connectivity index (χ1v) is 8.53. The predicted molar refractivity (Wildman–Crippen MR) is 102 cm³/mol. The molecule has 0 aliphatic heterocycles. The van der Waals surface area contributed by atoms with Crippen LogP contribution in [0, 0.1) is 11.3 Å². The number of aromatic carboxylic acids is 1. The maximum atomic E-state index is 10.8. The second-order valence-electron chi connectivity index (χ2n) is 5.60. The van der Waals surface area contributed by atoms with Gasteiger partial charge in [-0.2, -0.15) is 5.26 Å². The van der Waals surface area contributed by atoms with E-state index in [0.717, 1.165) is 5.56 Å². The van der Waals surface area contributed by atoms with E-state index in [-0.39, 0.29) is 12.3 Å². The molecule has 0 unspecified atom stereocenters. The van der Waals surface area contributed by atoms with Gasteiger partial charge in [0.05, 0.1) is 29.0 Å². The predicted octanol–water partition coefficient (Wildman–Crippen LogP) is 3.17. The van der Waals surface area contributed by atoms with E-state index in [4.69, 9.17) is 21.4 Å². The van der Waals surface area contributed by atoms with Crippen LogP contribution in [0.15, 0.2) is 48.8 Å². The van der Waals surface area contributed by atoms with Gasteiger partial charge in [-0.25, -0.2) is 9.48 Å². The van der Waals surface area contributed by atoms with Gasteiger partial charge in [-0.3, -0.25) is 4.98 Å². The first-order chi connectivity index (χ1) is 13.6. The van der Waals surface area contributed by atoms with Crippen LogP contribution in [0.5, 0.6) is 5.75 Å². The monoisotopic (exact) mass is 395 g/mol. The van der Waals surface area contributed by atoms with Crippen molar-refractivity contribution >= 4 is 29.2 Å². The molecule has 140 valence electrons. The van der Waals surface area contributed by atoms with Crippen molar-refractivity contribution in [3.63, 3.8) is 0 Å². The van der Waals surface area contributed by atoms with E-state index >= 15 is 0 Å². The molecule has 0 bridgehead atoms. The zero-order valence-electron chi connectivity index (χ0n) is 14.5. The minimum atomic E-state index is -1.14. The van der Waals surface area contributed by atoms with Crippen LogP contribution in [0.3, 0.4) is 0 Å². The normalized spacial score (nSPS) is 11.1. The third-order valence-electron chi connectivity index (χ3n) is 3.66. The first kappa shape index (κ1) is 19.1. The van der Waals surface area contributed by atoms with Gasteiger partial charge in [-0.05, 0) is 35.9 Å². The molecule has 2 aromatic heterocycles. The Morgan fingerprint density at radius 1 is 1.32 bits per heavy atom. The third kappa shape index (κ3) is 4.72. The van der Waals surface area contributed by atoms with Crippen LogP contribution in [0.4, 0.5) is 0 Å². The highest BCUT2D eigenvalue weighted by Crippen LogP contribution is 2.27. The number of allylic oxidation sites excluding steroid dienone is 1. The molecule has 0 spiro atoms. The highest BCUT2D eigenvalue weighted by Gasteiger charge is 2.09. The van der Waals surface area contributed by atoms with Gasteiger partial charge in [-0.15, -0.1) is 5.10 Å². The number of nitriles is 1. The third-order valence-corrected chi connectivity index (χ3v) is 3.96. The zero-order chi connectivity index (χ0) is 19.9. The summed E-state index contributed by atoms with van der Waals surface area (Å²) in [4.78, 5) is 15.0. The summed E-state index contributed by atoms with van der Waals surface area (Å²) >= 11 is 6.26. The van der Waals surface area contributed by atoms with Crippen molar-refractivity contribution < 1.29 is 14.6 Å². The Kier molecular flexibility index (Phi) is 5.99. The lowest BCUT2D eigenvalue weighted by Crippen LogP contribution is -2.09. The number of hydrogen-bond donors (Lipinski definition) is 1. The lowest BCUT2D eigenvalue weighted by atomic mass is 10.1. The average Bonchev–Trinajstić information content (AvgIpc) is 3.18. The SMILES string of the molecule is N#CC(=Cc1ccc(OCCn2cc(C(=O)O)nn2)c(Cl)c1)c1ccccn1. The maximum absolute atomic E-state index is 10.8. The Balaban J connectivity index is 1.66. The van der Waals surface area contributed by atoms with Crippen molar-refractivity contribution in [2.45, 2.75) is 6.54 Å². The van der Waals surface area contributed by atoms with E-state index in [2.05, 4.69) is 21.4 Å². The summed E-state index contributed by atoms with van der Waals surface area (Å²) in [5.41, 5.74) is 1.61. The van der Waals surface area contributed by atoms with Crippen LogP contribution in [0.25, 0.3) is 11.6 Å². The quantitative estimate of drug-likeness (QED) is 0.611. The molecule has 3 aromatic rings. The van der Waals surface area contributed by atoms with E-state index in [1.54, 1.807) is 42.6 Å². The van der Waals surface area contributed by atoms with E-state index in [1.807, 2.05) is 6.07 Å². The van der Waals surface area contributed by atoms with Crippen molar-refractivity contribution in [2.75, 3.05) is 6.61 Å². The number of halogens is 1. The summed E-state index contributed by atoms with van der Waals surface area (Å²) in [7, 11) is 0. The second-order valence-corrected chi connectivity index (χ2v) is 6.00. The van der Waals surface area contributed by atoms with E-state index < -0.39 is 5.97 Å². The van der Waals surface area contributed by atoms with Gasteiger partial charge < -0.3 is 9.84 Å². The molecule has 28 heavy (non-hydrogen) atoms. The minimum absolute atomic E-state index is 0.129. The molecule has 0 saturated carbocycles. The summed E-state index contributed by atoms with van der Waals surface area (Å²) in [5, 5.41) is 25.8. The van der Waals surface area contributed by atoms with Crippen LogP contribution in [-0.4, -0.2) is 37.7 Å². The number of nitrogens with zero attached hydrogens (tertiary/aromatic N) is 5. The number of carboxylic acids is 1. The van der Waals surface area contributed by atoms with Gasteiger partial charge in [0.15, 0.2) is 5.69 Å². The number of pyridine rings is 1. The van der Waals surface area contributed by atoms with E-state index in [0.29, 0.717) is 28.6 Å². The fourth-order valence-corrected chi connectivity index (χ4v) is 2.57. The van der Waals surface area contributed by atoms with Crippen molar-refractivity contribution in [3.8, 4) is 11.8 Å². The van der Waals surface area contributed by atoms with Crippen molar-refractivity contribution in [1.82, 2.24) is 20.0 Å². The van der Waals surface area contributed by atoms with Crippen molar-refractivity contribution in [2.24, 2.45) is 0 Å². The summed E-state index contributed by atoms with van der Waals surface area (Å²) in [5.74, 6) is -0.671. The van der Waals surface area contributed by atoms with Gasteiger partial charge in [0, 0.05) is 6.20 Å². The van der Waals surface area contributed by atoms with Gasteiger partial charge >= 0.3 is 5.97 Å². The van der Waals surface area contributed by atoms with Crippen LogP contribution in [-0.2, 0) is 6.54 Å². The molecule has 1 N–H and O–H groups in total. The molecule has 2 heterocycles. The molecule has 0 amide bonds. The summed E-state index contributed by atoms with van der Waals surface area (Å²) < 4.78 is 6.99. The van der Waals surface area contributed by atoms with Gasteiger partial charge in [0.25, 0.3) is 0 Å². The first-order valence-electron chi connectivity index (χ1n) is 8.16. The number of benzene rings is 1. The smallest absolute Gasteiger partial charge is 0.358 e.